The Labute approximate surface area is 96.3 Å². The number of hydrogen-bond acceptors (Lipinski definition) is 3. The van der Waals surface area contributed by atoms with Crippen molar-refractivity contribution in [2.75, 3.05) is 12.0 Å². The van der Waals surface area contributed by atoms with E-state index < -0.39 is 0 Å². The monoisotopic (exact) mass is 219 g/mol. The molecule has 0 aliphatic rings. The zero-order valence-corrected chi connectivity index (χ0v) is 9.90. The van der Waals surface area contributed by atoms with Crippen LogP contribution in [0, 0.1) is 0 Å². The molecule has 0 atom stereocenters. The number of aromatic hydroxyl groups is 1. The first kappa shape index (κ1) is 12.2. The second-order valence-electron chi connectivity index (χ2n) is 3.65. The maximum absolute atomic E-state index is 9.37. The van der Waals surface area contributed by atoms with Gasteiger partial charge in [0.15, 0.2) is 0 Å². The molecular formula is C13H17NO2. The van der Waals surface area contributed by atoms with Gasteiger partial charge in [-0.3, -0.25) is 0 Å². The largest absolute Gasteiger partial charge is 0.508 e. The summed E-state index contributed by atoms with van der Waals surface area (Å²) in [7, 11) is 1.57. The summed E-state index contributed by atoms with van der Waals surface area (Å²) in [5.41, 5.74) is 1.99. The lowest BCUT2D eigenvalue weighted by atomic mass is 10.2. The minimum absolute atomic E-state index is 0.182. The predicted octanol–water partition coefficient (Wildman–Crippen LogP) is 3.27. The highest BCUT2D eigenvalue weighted by molar-refractivity contribution is 5.64. The first-order chi connectivity index (χ1) is 7.58. The molecule has 0 aliphatic carbocycles. The minimum Gasteiger partial charge on any atom is -0.508 e. The average Bonchev–Trinajstić information content (AvgIpc) is 2.25. The summed E-state index contributed by atoms with van der Waals surface area (Å²) in [6.45, 7) is 7.76. The summed E-state index contributed by atoms with van der Waals surface area (Å²) >= 11 is 0. The number of anilines is 1. The molecule has 1 aromatic carbocycles. The molecular weight excluding hydrogens is 202 g/mol. The van der Waals surface area contributed by atoms with E-state index in [0.717, 1.165) is 11.3 Å². The highest BCUT2D eigenvalue weighted by Gasteiger charge is 2.08. The van der Waals surface area contributed by atoms with Crippen LogP contribution in [0.5, 0.6) is 11.5 Å². The van der Waals surface area contributed by atoms with Crippen molar-refractivity contribution >= 4 is 5.69 Å². The summed E-state index contributed by atoms with van der Waals surface area (Å²) in [5, 5.41) is 9.37. The van der Waals surface area contributed by atoms with Crippen molar-refractivity contribution < 1.29 is 9.84 Å². The number of phenolic OH excluding ortho intramolecular Hbond substituents is 1. The molecule has 0 bridgehead atoms. The molecule has 3 heteroatoms. The van der Waals surface area contributed by atoms with Crippen LogP contribution in [0.2, 0.25) is 0 Å². The van der Waals surface area contributed by atoms with Gasteiger partial charge >= 0.3 is 0 Å². The van der Waals surface area contributed by atoms with Crippen LogP contribution in [0.1, 0.15) is 13.8 Å². The summed E-state index contributed by atoms with van der Waals surface area (Å²) in [6, 6.07) is 4.98. The molecule has 1 rings (SSSR count). The maximum Gasteiger partial charge on any atom is 0.146 e. The van der Waals surface area contributed by atoms with E-state index in [-0.39, 0.29) is 5.75 Å². The number of methoxy groups -OCH3 is 1. The molecule has 0 saturated heterocycles. The van der Waals surface area contributed by atoms with Crippen LogP contribution in [0.4, 0.5) is 5.69 Å². The van der Waals surface area contributed by atoms with Gasteiger partial charge in [0, 0.05) is 18.5 Å². The fraction of sp³-hybridized carbons (Fsp3) is 0.231. The van der Waals surface area contributed by atoms with E-state index in [2.05, 4.69) is 6.58 Å². The fourth-order valence-corrected chi connectivity index (χ4v) is 1.38. The molecule has 0 fully saturated rings. The second kappa shape index (κ2) is 5.26. The van der Waals surface area contributed by atoms with Crippen LogP contribution in [0.3, 0.4) is 0 Å². The molecule has 0 saturated carbocycles. The van der Waals surface area contributed by atoms with Crippen molar-refractivity contribution in [2.45, 2.75) is 13.8 Å². The van der Waals surface area contributed by atoms with Crippen LogP contribution in [0.25, 0.3) is 0 Å². The minimum atomic E-state index is 0.182. The summed E-state index contributed by atoms with van der Waals surface area (Å²) in [6.07, 6.45) is 3.64. The van der Waals surface area contributed by atoms with E-state index in [1.54, 1.807) is 31.5 Å². The lowest BCUT2D eigenvalue weighted by Gasteiger charge is -2.19. The molecule has 86 valence electrons. The molecule has 0 unspecified atom stereocenters. The highest BCUT2D eigenvalue weighted by Crippen LogP contribution is 2.32. The first-order valence-corrected chi connectivity index (χ1v) is 5.01. The molecule has 0 aromatic heterocycles. The highest BCUT2D eigenvalue weighted by atomic mass is 16.5. The lowest BCUT2D eigenvalue weighted by molar-refractivity contribution is 0.408. The normalized spacial score (nSPS) is 9.44. The third-order valence-electron chi connectivity index (χ3n) is 2.04. The molecule has 16 heavy (non-hydrogen) atoms. The predicted molar refractivity (Wildman–Crippen MR) is 66.8 cm³/mol. The van der Waals surface area contributed by atoms with Crippen molar-refractivity contribution in [2.24, 2.45) is 0 Å². The number of hydrogen-bond donors (Lipinski definition) is 1. The Bertz CT molecular complexity index is 406. The molecule has 1 aromatic rings. The van der Waals surface area contributed by atoms with E-state index in [4.69, 9.17) is 4.74 Å². The fourth-order valence-electron chi connectivity index (χ4n) is 1.38. The van der Waals surface area contributed by atoms with Gasteiger partial charge in [-0.25, -0.2) is 0 Å². The zero-order valence-electron chi connectivity index (χ0n) is 9.90. The van der Waals surface area contributed by atoms with Crippen LogP contribution in [0.15, 0.2) is 42.8 Å². The van der Waals surface area contributed by atoms with Crippen molar-refractivity contribution in [3.8, 4) is 11.5 Å². The van der Waals surface area contributed by atoms with Gasteiger partial charge in [-0.2, -0.15) is 0 Å². The third kappa shape index (κ3) is 2.79. The van der Waals surface area contributed by atoms with Gasteiger partial charge in [0.05, 0.1) is 12.8 Å². The van der Waals surface area contributed by atoms with Crippen molar-refractivity contribution in [1.82, 2.24) is 0 Å². The molecule has 0 radical (unpaired) electrons. The SMILES string of the molecule is C=CN(C=C(C)C)c1ccc(O)cc1OC. The van der Waals surface area contributed by atoms with Gasteiger partial charge < -0.3 is 14.7 Å². The number of ether oxygens (including phenoxy) is 1. The Morgan fingerprint density at radius 3 is 2.62 bits per heavy atom. The Morgan fingerprint density at radius 1 is 1.44 bits per heavy atom. The quantitative estimate of drug-likeness (QED) is 0.843. The van der Waals surface area contributed by atoms with E-state index in [1.807, 2.05) is 24.9 Å². The van der Waals surface area contributed by atoms with Gasteiger partial charge in [0.2, 0.25) is 0 Å². The Morgan fingerprint density at radius 2 is 2.12 bits per heavy atom. The molecule has 0 heterocycles. The summed E-state index contributed by atoms with van der Waals surface area (Å²) in [4.78, 5) is 1.85. The van der Waals surface area contributed by atoms with Crippen LogP contribution in [-0.2, 0) is 0 Å². The second-order valence-corrected chi connectivity index (χ2v) is 3.65. The zero-order chi connectivity index (χ0) is 12.1. The summed E-state index contributed by atoms with van der Waals surface area (Å²) in [5.74, 6) is 0.791. The lowest BCUT2D eigenvalue weighted by Crippen LogP contribution is -2.08. The van der Waals surface area contributed by atoms with Gasteiger partial charge in [0.1, 0.15) is 11.5 Å². The third-order valence-corrected chi connectivity index (χ3v) is 2.04. The van der Waals surface area contributed by atoms with Crippen molar-refractivity contribution in [3.05, 3.63) is 42.8 Å². The van der Waals surface area contributed by atoms with E-state index >= 15 is 0 Å². The average molecular weight is 219 g/mol. The molecule has 1 N–H and O–H groups in total. The molecule has 0 aliphatic heterocycles. The van der Waals surface area contributed by atoms with E-state index in [9.17, 15) is 5.11 Å². The van der Waals surface area contributed by atoms with Gasteiger partial charge in [-0.15, -0.1) is 0 Å². The number of nitrogens with zero attached hydrogens (tertiary/aromatic N) is 1. The van der Waals surface area contributed by atoms with Gasteiger partial charge in [-0.1, -0.05) is 12.2 Å². The maximum atomic E-state index is 9.37. The Hall–Kier alpha value is -1.90. The molecule has 0 amide bonds. The van der Waals surface area contributed by atoms with Crippen molar-refractivity contribution in [1.29, 1.82) is 0 Å². The number of allylic oxidation sites excluding steroid dienone is 1. The summed E-state index contributed by atoms with van der Waals surface area (Å²) < 4.78 is 5.21. The Balaban J connectivity index is 3.19. The van der Waals surface area contributed by atoms with E-state index in [1.165, 1.54) is 0 Å². The van der Waals surface area contributed by atoms with Crippen LogP contribution in [-0.4, -0.2) is 12.2 Å². The first-order valence-electron chi connectivity index (χ1n) is 5.01. The Kier molecular flexibility index (Phi) is 4.00. The standard InChI is InChI=1S/C13H17NO2/c1-5-14(9-10(2)3)12-7-6-11(15)8-13(12)16-4/h5-9,15H,1H2,2-4H3. The van der Waals surface area contributed by atoms with Crippen molar-refractivity contribution in [3.63, 3.8) is 0 Å². The molecule has 3 nitrogen and oxygen atoms in total. The van der Waals surface area contributed by atoms with E-state index in [0.29, 0.717) is 5.75 Å². The number of phenols is 1. The van der Waals surface area contributed by atoms with Gasteiger partial charge in [-0.05, 0) is 26.0 Å². The smallest absolute Gasteiger partial charge is 0.146 e. The topological polar surface area (TPSA) is 32.7 Å². The van der Waals surface area contributed by atoms with Gasteiger partial charge in [0.25, 0.3) is 0 Å². The van der Waals surface area contributed by atoms with Crippen LogP contribution < -0.4 is 9.64 Å². The number of benzene rings is 1. The van der Waals surface area contributed by atoms with Crippen LogP contribution >= 0.6 is 0 Å². The molecule has 0 spiro atoms. The number of rotatable bonds is 4.